The summed E-state index contributed by atoms with van der Waals surface area (Å²) in [4.78, 5) is 10.4. The second-order valence-electron chi connectivity index (χ2n) is 3.35. The first-order chi connectivity index (χ1) is 5.70. The summed E-state index contributed by atoms with van der Waals surface area (Å²) in [6, 6.07) is -0.162. The Hall–Kier alpha value is -0.610. The third-order valence-corrected chi connectivity index (χ3v) is 2.40. The summed E-state index contributed by atoms with van der Waals surface area (Å²) in [5, 5.41) is 11.7. The molecule has 0 radical (unpaired) electrons. The van der Waals surface area contributed by atoms with Crippen LogP contribution in [0.15, 0.2) is 0 Å². The monoisotopic (exact) mass is 172 g/mol. The maximum Gasteiger partial charge on any atom is 0.304 e. The van der Waals surface area contributed by atoms with Crippen molar-refractivity contribution < 1.29 is 9.90 Å². The van der Waals surface area contributed by atoms with Crippen LogP contribution in [0.3, 0.4) is 0 Å². The van der Waals surface area contributed by atoms with E-state index in [9.17, 15) is 4.79 Å². The van der Waals surface area contributed by atoms with E-state index in [2.05, 4.69) is 5.32 Å². The Morgan fingerprint density at radius 1 is 1.58 bits per heavy atom. The molecular weight excluding hydrogens is 156 g/mol. The molecule has 4 nitrogen and oxygen atoms in total. The first-order valence-electron chi connectivity index (χ1n) is 4.38. The third-order valence-electron chi connectivity index (χ3n) is 2.40. The highest BCUT2D eigenvalue weighted by atomic mass is 16.4. The molecule has 0 aromatic heterocycles. The van der Waals surface area contributed by atoms with E-state index in [1.165, 1.54) is 0 Å². The van der Waals surface area contributed by atoms with Crippen LogP contribution < -0.4 is 11.1 Å². The minimum Gasteiger partial charge on any atom is -0.481 e. The summed E-state index contributed by atoms with van der Waals surface area (Å²) in [5.41, 5.74) is 5.74. The molecule has 0 amide bonds. The van der Waals surface area contributed by atoms with E-state index in [0.29, 0.717) is 5.92 Å². The second kappa shape index (κ2) is 4.42. The van der Waals surface area contributed by atoms with E-state index >= 15 is 0 Å². The van der Waals surface area contributed by atoms with E-state index in [-0.39, 0.29) is 12.5 Å². The largest absolute Gasteiger partial charge is 0.481 e. The molecule has 4 heteroatoms. The van der Waals surface area contributed by atoms with E-state index in [4.69, 9.17) is 10.8 Å². The van der Waals surface area contributed by atoms with Gasteiger partial charge >= 0.3 is 5.97 Å². The van der Waals surface area contributed by atoms with E-state index < -0.39 is 5.97 Å². The molecule has 1 unspecified atom stereocenters. The molecule has 0 aromatic carbocycles. The molecule has 0 aromatic rings. The molecule has 0 spiro atoms. The van der Waals surface area contributed by atoms with Gasteiger partial charge in [0.1, 0.15) is 0 Å². The maximum atomic E-state index is 10.4. The standard InChI is InChI=1S/C8H16N2O2/c9-7(5-8(11)12)6-1-3-10-4-2-6/h6-7,10H,1-5,9H2,(H,11,12). The van der Waals surface area contributed by atoms with Gasteiger partial charge in [0.15, 0.2) is 0 Å². The molecule has 1 aliphatic rings. The van der Waals surface area contributed by atoms with Crippen molar-refractivity contribution in [3.8, 4) is 0 Å². The molecule has 1 fully saturated rings. The zero-order valence-electron chi connectivity index (χ0n) is 7.12. The molecule has 4 N–H and O–H groups in total. The Labute approximate surface area is 72.1 Å². The summed E-state index contributed by atoms with van der Waals surface area (Å²) in [6.45, 7) is 1.94. The van der Waals surface area contributed by atoms with Crippen molar-refractivity contribution in [2.75, 3.05) is 13.1 Å². The van der Waals surface area contributed by atoms with E-state index in [0.717, 1.165) is 25.9 Å². The Morgan fingerprint density at radius 2 is 2.17 bits per heavy atom. The molecule has 1 atom stereocenters. The average molecular weight is 172 g/mol. The lowest BCUT2D eigenvalue weighted by Crippen LogP contribution is -2.39. The predicted molar refractivity (Wildman–Crippen MR) is 45.8 cm³/mol. The summed E-state index contributed by atoms with van der Waals surface area (Å²) >= 11 is 0. The van der Waals surface area contributed by atoms with Crippen LogP contribution in [0.4, 0.5) is 0 Å². The molecule has 1 rings (SSSR count). The quantitative estimate of drug-likeness (QED) is 0.550. The number of nitrogens with two attached hydrogens (primary N) is 1. The Balaban J connectivity index is 2.29. The fourth-order valence-electron chi connectivity index (χ4n) is 1.64. The van der Waals surface area contributed by atoms with Crippen molar-refractivity contribution in [2.45, 2.75) is 25.3 Å². The van der Waals surface area contributed by atoms with Gasteiger partial charge in [-0.15, -0.1) is 0 Å². The Morgan fingerprint density at radius 3 is 2.67 bits per heavy atom. The van der Waals surface area contributed by atoms with Gasteiger partial charge in [-0.3, -0.25) is 4.79 Å². The van der Waals surface area contributed by atoms with Crippen LogP contribution in [-0.2, 0) is 4.79 Å². The van der Waals surface area contributed by atoms with Crippen molar-refractivity contribution in [1.29, 1.82) is 0 Å². The lowest BCUT2D eigenvalue weighted by atomic mass is 9.89. The summed E-state index contributed by atoms with van der Waals surface area (Å²) < 4.78 is 0. The number of piperidine rings is 1. The Kier molecular flexibility index (Phi) is 3.49. The van der Waals surface area contributed by atoms with Crippen LogP contribution >= 0.6 is 0 Å². The molecule has 0 aliphatic carbocycles. The maximum absolute atomic E-state index is 10.4. The van der Waals surface area contributed by atoms with Gasteiger partial charge in [-0.2, -0.15) is 0 Å². The predicted octanol–water partition coefficient (Wildman–Crippen LogP) is -0.212. The first kappa shape index (κ1) is 9.48. The highest BCUT2D eigenvalue weighted by Gasteiger charge is 2.21. The number of rotatable bonds is 3. The van der Waals surface area contributed by atoms with Gasteiger partial charge in [0, 0.05) is 6.04 Å². The van der Waals surface area contributed by atoms with Crippen LogP contribution in [0, 0.1) is 5.92 Å². The summed E-state index contributed by atoms with van der Waals surface area (Å²) in [6.07, 6.45) is 2.12. The number of hydrogen-bond donors (Lipinski definition) is 3. The molecule has 0 saturated carbocycles. The molecular formula is C8H16N2O2. The van der Waals surface area contributed by atoms with Crippen LogP contribution in [0.5, 0.6) is 0 Å². The highest BCUT2D eigenvalue weighted by Crippen LogP contribution is 2.16. The normalized spacial score (nSPS) is 22.1. The topological polar surface area (TPSA) is 75.4 Å². The minimum atomic E-state index is -0.791. The summed E-state index contributed by atoms with van der Waals surface area (Å²) in [5.74, 6) is -0.400. The molecule has 0 bridgehead atoms. The number of nitrogens with one attached hydrogen (secondary N) is 1. The van der Waals surface area contributed by atoms with Gasteiger partial charge in [0.25, 0.3) is 0 Å². The van der Waals surface area contributed by atoms with Crippen LogP contribution in [0.25, 0.3) is 0 Å². The van der Waals surface area contributed by atoms with Crippen molar-refractivity contribution in [1.82, 2.24) is 5.32 Å². The molecule has 1 heterocycles. The fraction of sp³-hybridized carbons (Fsp3) is 0.875. The third kappa shape index (κ3) is 2.79. The smallest absolute Gasteiger partial charge is 0.304 e. The lowest BCUT2D eigenvalue weighted by molar-refractivity contribution is -0.137. The molecule has 1 aliphatic heterocycles. The molecule has 1 saturated heterocycles. The van der Waals surface area contributed by atoms with Crippen molar-refractivity contribution in [2.24, 2.45) is 11.7 Å². The fourth-order valence-corrected chi connectivity index (χ4v) is 1.64. The highest BCUT2D eigenvalue weighted by molar-refractivity contribution is 5.67. The lowest BCUT2D eigenvalue weighted by Gasteiger charge is -2.26. The van der Waals surface area contributed by atoms with Crippen molar-refractivity contribution in [3.05, 3.63) is 0 Å². The van der Waals surface area contributed by atoms with Crippen LogP contribution in [0.1, 0.15) is 19.3 Å². The molecule has 70 valence electrons. The van der Waals surface area contributed by atoms with Crippen LogP contribution in [-0.4, -0.2) is 30.2 Å². The van der Waals surface area contributed by atoms with Crippen molar-refractivity contribution >= 4 is 5.97 Å². The van der Waals surface area contributed by atoms with Gasteiger partial charge in [-0.25, -0.2) is 0 Å². The van der Waals surface area contributed by atoms with Gasteiger partial charge in [0.2, 0.25) is 0 Å². The van der Waals surface area contributed by atoms with Gasteiger partial charge in [-0.1, -0.05) is 0 Å². The van der Waals surface area contributed by atoms with E-state index in [1.807, 2.05) is 0 Å². The average Bonchev–Trinajstić information content (AvgIpc) is 2.05. The van der Waals surface area contributed by atoms with Gasteiger partial charge in [-0.05, 0) is 31.8 Å². The SMILES string of the molecule is NC(CC(=O)O)C1CCNCC1. The minimum absolute atomic E-state index is 0.102. The first-order valence-corrected chi connectivity index (χ1v) is 4.38. The zero-order chi connectivity index (χ0) is 8.97. The van der Waals surface area contributed by atoms with Crippen molar-refractivity contribution in [3.63, 3.8) is 0 Å². The number of carboxylic acid groups (broad SMARTS) is 1. The number of carbonyl (C=O) groups is 1. The Bertz CT molecular complexity index is 155. The molecule has 12 heavy (non-hydrogen) atoms. The number of aliphatic carboxylic acids is 1. The van der Waals surface area contributed by atoms with Gasteiger partial charge < -0.3 is 16.2 Å². The van der Waals surface area contributed by atoms with Crippen LogP contribution in [0.2, 0.25) is 0 Å². The van der Waals surface area contributed by atoms with E-state index in [1.54, 1.807) is 0 Å². The number of carboxylic acids is 1. The zero-order valence-corrected chi connectivity index (χ0v) is 7.12. The summed E-state index contributed by atoms with van der Waals surface area (Å²) in [7, 11) is 0. The second-order valence-corrected chi connectivity index (χ2v) is 3.35. The number of hydrogen-bond acceptors (Lipinski definition) is 3. The van der Waals surface area contributed by atoms with Gasteiger partial charge in [0.05, 0.1) is 6.42 Å².